The van der Waals surface area contributed by atoms with Crippen LogP contribution in [0.5, 0.6) is 0 Å². The lowest BCUT2D eigenvalue weighted by molar-refractivity contribution is 0.0492. The van der Waals surface area contributed by atoms with Gasteiger partial charge in [-0.25, -0.2) is 9.18 Å². The SMILES string of the molecule is CCCCCCCCCCOC(=O)c1cccc(Cl)c1F. The molecule has 1 aromatic rings. The van der Waals surface area contributed by atoms with Crippen molar-refractivity contribution in [3.05, 3.63) is 34.6 Å². The van der Waals surface area contributed by atoms with E-state index in [4.69, 9.17) is 16.3 Å². The molecule has 0 aliphatic heterocycles. The Morgan fingerprint density at radius 1 is 1.10 bits per heavy atom. The number of esters is 1. The Morgan fingerprint density at radius 3 is 2.38 bits per heavy atom. The average molecular weight is 315 g/mol. The summed E-state index contributed by atoms with van der Waals surface area (Å²) in [6.45, 7) is 2.54. The van der Waals surface area contributed by atoms with Crippen LogP contribution in [0.1, 0.15) is 68.6 Å². The Balaban J connectivity index is 2.13. The second kappa shape index (κ2) is 10.6. The highest BCUT2D eigenvalue weighted by Crippen LogP contribution is 2.18. The van der Waals surface area contributed by atoms with Crippen molar-refractivity contribution in [1.29, 1.82) is 0 Å². The first kappa shape index (κ1) is 18.0. The zero-order valence-electron chi connectivity index (χ0n) is 12.7. The van der Waals surface area contributed by atoms with Crippen molar-refractivity contribution in [2.75, 3.05) is 6.61 Å². The number of halogens is 2. The number of unbranched alkanes of at least 4 members (excludes halogenated alkanes) is 7. The third-order valence-corrected chi connectivity index (χ3v) is 3.69. The summed E-state index contributed by atoms with van der Waals surface area (Å²) in [6, 6.07) is 4.34. The first-order chi connectivity index (χ1) is 10.2. The van der Waals surface area contributed by atoms with Crippen molar-refractivity contribution < 1.29 is 13.9 Å². The summed E-state index contributed by atoms with van der Waals surface area (Å²) in [5.41, 5.74) is -0.0953. The van der Waals surface area contributed by atoms with E-state index in [1.165, 1.54) is 50.3 Å². The number of hydrogen-bond donors (Lipinski definition) is 0. The van der Waals surface area contributed by atoms with E-state index in [9.17, 15) is 9.18 Å². The van der Waals surface area contributed by atoms with Crippen molar-refractivity contribution in [3.8, 4) is 0 Å². The van der Waals surface area contributed by atoms with Crippen molar-refractivity contribution in [2.24, 2.45) is 0 Å². The molecular weight excluding hydrogens is 291 g/mol. The summed E-state index contributed by atoms with van der Waals surface area (Å²) in [5.74, 6) is -1.35. The molecule has 0 unspecified atom stereocenters. The molecule has 0 saturated carbocycles. The van der Waals surface area contributed by atoms with Gasteiger partial charge in [0, 0.05) is 0 Å². The molecule has 2 nitrogen and oxygen atoms in total. The van der Waals surface area contributed by atoms with Crippen LogP contribution in [0.4, 0.5) is 4.39 Å². The first-order valence-corrected chi connectivity index (χ1v) is 8.15. The minimum absolute atomic E-state index is 0.0588. The third-order valence-electron chi connectivity index (χ3n) is 3.40. The Morgan fingerprint density at radius 2 is 1.71 bits per heavy atom. The molecule has 0 bridgehead atoms. The average Bonchev–Trinajstić information content (AvgIpc) is 2.48. The van der Waals surface area contributed by atoms with Crippen molar-refractivity contribution in [1.82, 2.24) is 0 Å². The quantitative estimate of drug-likeness (QED) is 0.404. The van der Waals surface area contributed by atoms with E-state index >= 15 is 0 Å². The van der Waals surface area contributed by atoms with Gasteiger partial charge in [0.15, 0.2) is 5.82 Å². The van der Waals surface area contributed by atoms with Crippen LogP contribution >= 0.6 is 11.6 Å². The largest absolute Gasteiger partial charge is 0.462 e. The highest BCUT2D eigenvalue weighted by atomic mass is 35.5. The smallest absolute Gasteiger partial charge is 0.341 e. The molecular formula is C17H24ClFO2. The Hall–Kier alpha value is -1.09. The highest BCUT2D eigenvalue weighted by Gasteiger charge is 2.14. The predicted molar refractivity (Wildman–Crippen MR) is 84.3 cm³/mol. The van der Waals surface area contributed by atoms with Crippen LogP contribution in [0.15, 0.2) is 18.2 Å². The molecule has 0 amide bonds. The van der Waals surface area contributed by atoms with Gasteiger partial charge in [-0.05, 0) is 18.6 Å². The van der Waals surface area contributed by atoms with Crippen LogP contribution in [-0.2, 0) is 4.74 Å². The summed E-state index contributed by atoms with van der Waals surface area (Å²) in [5, 5.41) is -0.0588. The fourth-order valence-corrected chi connectivity index (χ4v) is 2.31. The lowest BCUT2D eigenvalue weighted by Gasteiger charge is -2.06. The second-order valence-corrected chi connectivity index (χ2v) is 5.62. The van der Waals surface area contributed by atoms with Crippen molar-refractivity contribution >= 4 is 17.6 Å². The van der Waals surface area contributed by atoms with Gasteiger partial charge in [0.2, 0.25) is 0 Å². The van der Waals surface area contributed by atoms with Crippen LogP contribution in [0.25, 0.3) is 0 Å². The lowest BCUT2D eigenvalue weighted by atomic mass is 10.1. The van der Waals surface area contributed by atoms with Gasteiger partial charge in [-0.15, -0.1) is 0 Å². The molecule has 0 saturated heterocycles. The number of benzene rings is 1. The van der Waals surface area contributed by atoms with Crippen LogP contribution < -0.4 is 0 Å². The Kier molecular flexibility index (Phi) is 9.07. The molecule has 1 rings (SSSR count). The molecule has 0 fully saturated rings. The summed E-state index contributed by atoms with van der Waals surface area (Å²) in [4.78, 5) is 11.7. The number of carbonyl (C=O) groups is 1. The zero-order chi connectivity index (χ0) is 15.5. The number of rotatable bonds is 10. The topological polar surface area (TPSA) is 26.3 Å². The molecule has 0 aliphatic carbocycles. The molecule has 0 radical (unpaired) electrons. The van der Waals surface area contributed by atoms with E-state index in [1.54, 1.807) is 0 Å². The second-order valence-electron chi connectivity index (χ2n) is 5.21. The van der Waals surface area contributed by atoms with Gasteiger partial charge in [0.25, 0.3) is 0 Å². The summed E-state index contributed by atoms with van der Waals surface area (Å²) < 4.78 is 18.7. The molecule has 0 heterocycles. The van der Waals surface area contributed by atoms with E-state index in [0.717, 1.165) is 19.3 Å². The standard InChI is InChI=1S/C17H24ClFO2/c1-2-3-4-5-6-7-8-9-13-21-17(20)14-11-10-12-15(18)16(14)19/h10-12H,2-9,13H2,1H3. The first-order valence-electron chi connectivity index (χ1n) is 7.78. The minimum atomic E-state index is -0.708. The van der Waals surface area contributed by atoms with Gasteiger partial charge in [0.1, 0.15) is 0 Å². The zero-order valence-corrected chi connectivity index (χ0v) is 13.4. The fraction of sp³-hybridized carbons (Fsp3) is 0.588. The van der Waals surface area contributed by atoms with Gasteiger partial charge in [-0.3, -0.25) is 0 Å². The Labute approximate surface area is 131 Å². The molecule has 0 spiro atoms. The monoisotopic (exact) mass is 314 g/mol. The lowest BCUT2D eigenvalue weighted by Crippen LogP contribution is -2.08. The maximum atomic E-state index is 13.6. The summed E-state index contributed by atoms with van der Waals surface area (Å²) in [6.07, 6.45) is 9.41. The molecule has 4 heteroatoms. The maximum absolute atomic E-state index is 13.6. The van der Waals surface area contributed by atoms with Gasteiger partial charge >= 0.3 is 5.97 Å². The van der Waals surface area contributed by atoms with Crippen LogP contribution in [0, 0.1) is 5.82 Å². The molecule has 0 N–H and O–H groups in total. The van der Waals surface area contributed by atoms with Crippen LogP contribution in [0.3, 0.4) is 0 Å². The molecule has 1 aromatic carbocycles. The number of carbonyl (C=O) groups excluding carboxylic acids is 1. The maximum Gasteiger partial charge on any atom is 0.341 e. The number of hydrogen-bond acceptors (Lipinski definition) is 2. The van der Waals surface area contributed by atoms with E-state index in [-0.39, 0.29) is 10.6 Å². The normalized spacial score (nSPS) is 10.6. The van der Waals surface area contributed by atoms with Crippen LogP contribution in [0.2, 0.25) is 5.02 Å². The molecule has 0 aliphatic rings. The molecule has 118 valence electrons. The van der Waals surface area contributed by atoms with Gasteiger partial charge < -0.3 is 4.74 Å². The summed E-state index contributed by atoms with van der Waals surface area (Å²) in [7, 11) is 0. The fourth-order valence-electron chi connectivity index (χ4n) is 2.14. The minimum Gasteiger partial charge on any atom is -0.462 e. The van der Waals surface area contributed by atoms with E-state index in [1.807, 2.05) is 0 Å². The molecule has 0 aromatic heterocycles. The van der Waals surface area contributed by atoms with Crippen LogP contribution in [-0.4, -0.2) is 12.6 Å². The highest BCUT2D eigenvalue weighted by molar-refractivity contribution is 6.31. The van der Waals surface area contributed by atoms with Gasteiger partial charge in [0.05, 0.1) is 17.2 Å². The number of ether oxygens (including phenoxy) is 1. The molecule has 21 heavy (non-hydrogen) atoms. The van der Waals surface area contributed by atoms with Gasteiger partial charge in [-0.2, -0.15) is 0 Å². The van der Waals surface area contributed by atoms with Crippen molar-refractivity contribution in [3.63, 3.8) is 0 Å². The Bertz CT molecular complexity index is 435. The van der Waals surface area contributed by atoms with E-state index in [2.05, 4.69) is 6.92 Å². The molecule has 0 atom stereocenters. The van der Waals surface area contributed by atoms with Crippen molar-refractivity contribution in [2.45, 2.75) is 58.3 Å². The van der Waals surface area contributed by atoms with E-state index in [0.29, 0.717) is 6.61 Å². The predicted octanol–water partition coefficient (Wildman–Crippen LogP) is 5.78. The van der Waals surface area contributed by atoms with Gasteiger partial charge in [-0.1, -0.05) is 69.5 Å². The summed E-state index contributed by atoms with van der Waals surface area (Å²) >= 11 is 5.63. The third kappa shape index (κ3) is 6.94. The van der Waals surface area contributed by atoms with E-state index < -0.39 is 11.8 Å².